The van der Waals surface area contributed by atoms with Crippen molar-refractivity contribution in [2.24, 2.45) is 0 Å². The second-order valence-corrected chi connectivity index (χ2v) is 5.94. The maximum Gasteiger partial charge on any atom is 0.0580 e. The van der Waals surface area contributed by atoms with E-state index < -0.39 is 0 Å². The smallest absolute Gasteiger partial charge is 0.0580 e. The van der Waals surface area contributed by atoms with Crippen LogP contribution in [0.1, 0.15) is 16.7 Å². The van der Waals surface area contributed by atoms with Crippen LogP contribution in [-0.4, -0.2) is 0 Å². The Morgan fingerprint density at radius 2 is 1.89 bits per heavy atom. The predicted octanol–water partition coefficient (Wildman–Crippen LogP) is 4.91. The highest BCUT2D eigenvalue weighted by Crippen LogP contribution is 2.27. The van der Waals surface area contributed by atoms with Gasteiger partial charge in [-0.3, -0.25) is 0 Å². The number of anilines is 2. The van der Waals surface area contributed by atoms with Gasteiger partial charge in [0.05, 0.1) is 11.4 Å². The Kier molecular flexibility index (Phi) is 4.38. The van der Waals surface area contributed by atoms with Crippen molar-refractivity contribution in [3.8, 4) is 0 Å². The maximum absolute atomic E-state index is 6.04. The number of nitrogens with one attached hydrogen (secondary N) is 1. The lowest BCUT2D eigenvalue weighted by atomic mass is 10.1. The lowest BCUT2D eigenvalue weighted by molar-refractivity contribution is 1.11. The van der Waals surface area contributed by atoms with Crippen LogP contribution < -0.4 is 11.1 Å². The number of nitrogens with two attached hydrogens (primary N) is 1. The van der Waals surface area contributed by atoms with Crippen molar-refractivity contribution in [2.75, 3.05) is 11.1 Å². The zero-order valence-corrected chi connectivity index (χ0v) is 13.3. The van der Waals surface area contributed by atoms with Crippen LogP contribution in [0.3, 0.4) is 0 Å². The first-order valence-electron chi connectivity index (χ1n) is 6.02. The molecular formula is C15H16BrClN2. The van der Waals surface area contributed by atoms with Gasteiger partial charge in [-0.1, -0.05) is 33.6 Å². The van der Waals surface area contributed by atoms with Crippen LogP contribution >= 0.6 is 27.5 Å². The molecule has 0 amide bonds. The monoisotopic (exact) mass is 338 g/mol. The van der Waals surface area contributed by atoms with Crippen LogP contribution in [0.15, 0.2) is 34.8 Å². The van der Waals surface area contributed by atoms with E-state index >= 15 is 0 Å². The molecule has 0 radical (unpaired) electrons. The van der Waals surface area contributed by atoms with Gasteiger partial charge < -0.3 is 11.1 Å². The molecule has 19 heavy (non-hydrogen) atoms. The van der Waals surface area contributed by atoms with Crippen molar-refractivity contribution < 1.29 is 0 Å². The molecule has 0 aliphatic rings. The van der Waals surface area contributed by atoms with Crippen molar-refractivity contribution in [2.45, 2.75) is 20.4 Å². The fraction of sp³-hybridized carbons (Fsp3) is 0.200. The van der Waals surface area contributed by atoms with Crippen LogP contribution in [-0.2, 0) is 6.54 Å². The molecule has 4 heteroatoms. The average Bonchev–Trinajstić information content (AvgIpc) is 2.36. The molecule has 0 unspecified atom stereocenters. The molecule has 0 fully saturated rings. The normalized spacial score (nSPS) is 10.5. The third-order valence-corrected chi connectivity index (χ3v) is 4.01. The van der Waals surface area contributed by atoms with E-state index in [-0.39, 0.29) is 0 Å². The summed E-state index contributed by atoms with van der Waals surface area (Å²) in [7, 11) is 0. The Bertz CT molecular complexity index is 611. The number of hydrogen-bond acceptors (Lipinski definition) is 2. The molecule has 2 rings (SSSR count). The van der Waals surface area contributed by atoms with E-state index in [9.17, 15) is 0 Å². The van der Waals surface area contributed by atoms with Crippen LogP contribution in [0, 0.1) is 13.8 Å². The van der Waals surface area contributed by atoms with Gasteiger partial charge >= 0.3 is 0 Å². The highest BCUT2D eigenvalue weighted by Gasteiger charge is 2.05. The average molecular weight is 340 g/mol. The molecule has 0 spiro atoms. The van der Waals surface area contributed by atoms with Gasteiger partial charge in [0.15, 0.2) is 0 Å². The summed E-state index contributed by atoms with van der Waals surface area (Å²) < 4.78 is 1.08. The summed E-state index contributed by atoms with van der Waals surface area (Å²) in [6.07, 6.45) is 0. The van der Waals surface area contributed by atoms with Crippen molar-refractivity contribution >= 4 is 38.9 Å². The Labute approximate surface area is 127 Å². The van der Waals surface area contributed by atoms with E-state index in [1.807, 2.05) is 19.1 Å². The number of halogens is 2. The van der Waals surface area contributed by atoms with Crippen LogP contribution in [0.25, 0.3) is 0 Å². The van der Waals surface area contributed by atoms with Crippen molar-refractivity contribution in [3.63, 3.8) is 0 Å². The zero-order valence-electron chi connectivity index (χ0n) is 10.9. The second-order valence-electron chi connectivity index (χ2n) is 4.61. The standard InChI is InChI=1S/C15H16BrClN2/c1-9-3-4-12(16)6-11(9)8-19-15-5-10(2)13(17)7-14(15)18/h3-7,19H,8,18H2,1-2H3. The van der Waals surface area contributed by atoms with E-state index in [1.165, 1.54) is 11.1 Å². The molecule has 0 saturated heterocycles. The third kappa shape index (κ3) is 3.43. The molecule has 0 aliphatic carbocycles. The quantitative estimate of drug-likeness (QED) is 0.779. The third-order valence-electron chi connectivity index (χ3n) is 3.11. The molecule has 0 bridgehead atoms. The Balaban J connectivity index is 2.19. The summed E-state index contributed by atoms with van der Waals surface area (Å²) in [5, 5.41) is 4.06. The fourth-order valence-electron chi connectivity index (χ4n) is 1.87. The predicted molar refractivity (Wildman–Crippen MR) is 86.8 cm³/mol. The van der Waals surface area contributed by atoms with Gasteiger partial charge in [-0.25, -0.2) is 0 Å². The summed E-state index contributed by atoms with van der Waals surface area (Å²) in [5.41, 5.74) is 11.1. The molecule has 0 heterocycles. The molecule has 0 saturated carbocycles. The largest absolute Gasteiger partial charge is 0.397 e. The number of nitrogen functional groups attached to an aromatic ring is 1. The second kappa shape index (κ2) is 5.85. The van der Waals surface area contributed by atoms with E-state index in [0.29, 0.717) is 10.7 Å². The topological polar surface area (TPSA) is 38.0 Å². The zero-order chi connectivity index (χ0) is 14.0. The minimum absolute atomic E-state index is 0.670. The Morgan fingerprint density at radius 1 is 1.16 bits per heavy atom. The van der Waals surface area contributed by atoms with Crippen molar-refractivity contribution in [1.29, 1.82) is 0 Å². The number of aryl methyl sites for hydroxylation is 2. The molecule has 0 atom stereocenters. The maximum atomic E-state index is 6.04. The minimum atomic E-state index is 0.670. The van der Waals surface area contributed by atoms with Gasteiger partial charge in [0.25, 0.3) is 0 Å². The van der Waals surface area contributed by atoms with Gasteiger partial charge in [0, 0.05) is 16.0 Å². The molecule has 0 aliphatic heterocycles. The molecule has 2 aromatic carbocycles. The lowest BCUT2D eigenvalue weighted by Crippen LogP contribution is -2.04. The Hall–Kier alpha value is -1.19. The van der Waals surface area contributed by atoms with Gasteiger partial charge in [0.2, 0.25) is 0 Å². The van der Waals surface area contributed by atoms with Gasteiger partial charge in [0.1, 0.15) is 0 Å². The summed E-state index contributed by atoms with van der Waals surface area (Å²) in [6, 6.07) is 10.0. The summed E-state index contributed by atoms with van der Waals surface area (Å²) in [4.78, 5) is 0. The minimum Gasteiger partial charge on any atom is -0.397 e. The Morgan fingerprint density at radius 3 is 2.63 bits per heavy atom. The molecular weight excluding hydrogens is 324 g/mol. The first kappa shape index (κ1) is 14.2. The first-order chi connectivity index (χ1) is 8.97. The van der Waals surface area contributed by atoms with E-state index in [1.54, 1.807) is 6.07 Å². The first-order valence-corrected chi connectivity index (χ1v) is 7.19. The molecule has 0 aromatic heterocycles. The van der Waals surface area contributed by atoms with Gasteiger partial charge in [-0.2, -0.15) is 0 Å². The van der Waals surface area contributed by atoms with Crippen LogP contribution in [0.4, 0.5) is 11.4 Å². The lowest BCUT2D eigenvalue weighted by Gasteiger charge is -2.13. The number of hydrogen-bond donors (Lipinski definition) is 2. The summed E-state index contributed by atoms with van der Waals surface area (Å²) in [6.45, 7) is 4.80. The summed E-state index contributed by atoms with van der Waals surface area (Å²) in [5.74, 6) is 0. The summed E-state index contributed by atoms with van der Waals surface area (Å²) >= 11 is 9.52. The van der Waals surface area contributed by atoms with Crippen molar-refractivity contribution in [1.82, 2.24) is 0 Å². The van der Waals surface area contributed by atoms with Crippen molar-refractivity contribution in [3.05, 3.63) is 56.5 Å². The fourth-order valence-corrected chi connectivity index (χ4v) is 2.45. The SMILES string of the molecule is Cc1cc(NCc2cc(Br)ccc2C)c(N)cc1Cl. The van der Waals surface area contributed by atoms with E-state index in [2.05, 4.69) is 40.3 Å². The molecule has 2 nitrogen and oxygen atoms in total. The molecule has 2 aromatic rings. The van der Waals surface area contributed by atoms with E-state index in [4.69, 9.17) is 17.3 Å². The van der Waals surface area contributed by atoms with Crippen LogP contribution in [0.5, 0.6) is 0 Å². The highest BCUT2D eigenvalue weighted by atomic mass is 79.9. The van der Waals surface area contributed by atoms with Gasteiger partial charge in [-0.05, 0) is 54.8 Å². The molecule has 3 N–H and O–H groups in total. The van der Waals surface area contributed by atoms with E-state index in [0.717, 1.165) is 22.3 Å². The highest BCUT2D eigenvalue weighted by molar-refractivity contribution is 9.10. The molecule has 100 valence electrons. The number of benzene rings is 2. The number of rotatable bonds is 3. The van der Waals surface area contributed by atoms with Crippen LogP contribution in [0.2, 0.25) is 5.02 Å². The van der Waals surface area contributed by atoms with Gasteiger partial charge in [-0.15, -0.1) is 0 Å².